The number of hydrogen-bond donors (Lipinski definition) is 1. The van der Waals surface area contributed by atoms with Crippen molar-refractivity contribution >= 4 is 51.4 Å². The molecule has 0 bridgehead atoms. The van der Waals surface area contributed by atoms with E-state index in [2.05, 4.69) is 10.5 Å². The molecule has 0 aliphatic heterocycles. The van der Waals surface area contributed by atoms with E-state index in [0.717, 1.165) is 16.2 Å². The van der Waals surface area contributed by atoms with Gasteiger partial charge < -0.3 is 13.9 Å². The van der Waals surface area contributed by atoms with E-state index in [4.69, 9.17) is 25.5 Å². The minimum absolute atomic E-state index is 0.161. The number of rotatable bonds is 7. The van der Waals surface area contributed by atoms with Crippen LogP contribution in [0.1, 0.15) is 23.0 Å². The number of ether oxygens (including phenoxy) is 2. The molecule has 3 aromatic carbocycles. The molecule has 0 aliphatic rings. The fourth-order valence-electron chi connectivity index (χ4n) is 3.18. The van der Waals surface area contributed by atoms with Crippen molar-refractivity contribution in [2.45, 2.75) is 6.92 Å². The van der Waals surface area contributed by atoms with E-state index >= 15 is 0 Å². The van der Waals surface area contributed by atoms with Gasteiger partial charge in [-0.1, -0.05) is 41.9 Å². The molecule has 0 saturated carbocycles. The Balaban J connectivity index is 1.41. The lowest BCUT2D eigenvalue weighted by molar-refractivity contribution is -0.145. The Morgan fingerprint density at radius 3 is 2.75 bits per heavy atom. The molecule has 0 saturated heterocycles. The summed E-state index contributed by atoms with van der Waals surface area (Å²) in [4.78, 5) is 23.8. The third-order valence-corrected chi connectivity index (χ3v) is 4.93. The second-order valence-electron chi connectivity index (χ2n) is 6.79. The number of esters is 1. The molecule has 32 heavy (non-hydrogen) atoms. The van der Waals surface area contributed by atoms with Crippen LogP contribution in [0.4, 0.5) is 0 Å². The summed E-state index contributed by atoms with van der Waals surface area (Å²) in [5, 5.41) is 7.20. The number of hydrogen-bond acceptors (Lipinski definition) is 6. The minimum atomic E-state index is -0.476. The molecule has 1 N–H and O–H groups in total. The first-order valence-corrected chi connectivity index (χ1v) is 10.3. The van der Waals surface area contributed by atoms with Crippen LogP contribution >= 0.6 is 11.6 Å². The van der Waals surface area contributed by atoms with Crippen molar-refractivity contribution in [2.24, 2.45) is 5.10 Å². The van der Waals surface area contributed by atoms with Gasteiger partial charge >= 0.3 is 11.9 Å². The quantitative estimate of drug-likeness (QED) is 0.244. The molecule has 0 radical (unpaired) electrons. The Morgan fingerprint density at radius 2 is 1.94 bits per heavy atom. The van der Waals surface area contributed by atoms with E-state index in [1.165, 1.54) is 6.21 Å². The molecule has 7 nitrogen and oxygen atoms in total. The normalized spacial score (nSPS) is 11.2. The number of carbonyl (C=O) groups excluding carboxylic acids is 2. The number of halogens is 1. The highest BCUT2D eigenvalue weighted by molar-refractivity contribution is 6.32. The van der Waals surface area contributed by atoms with Crippen LogP contribution in [0.2, 0.25) is 5.02 Å². The van der Waals surface area contributed by atoms with E-state index in [9.17, 15) is 9.59 Å². The molecule has 4 aromatic rings. The fourth-order valence-corrected chi connectivity index (χ4v) is 3.42. The van der Waals surface area contributed by atoms with Gasteiger partial charge in [0.2, 0.25) is 0 Å². The van der Waals surface area contributed by atoms with Gasteiger partial charge in [-0.2, -0.15) is 5.10 Å². The summed E-state index contributed by atoms with van der Waals surface area (Å²) in [6.45, 7) is 1.76. The molecule has 4 rings (SSSR count). The van der Waals surface area contributed by atoms with E-state index < -0.39 is 11.9 Å². The zero-order chi connectivity index (χ0) is 22.5. The molecule has 0 unspecified atom stereocenters. The van der Waals surface area contributed by atoms with Gasteiger partial charge in [-0.15, -0.1) is 0 Å². The SMILES string of the molecule is CCOC(=O)COc1ccc(C=NNC(=O)c2cc3c(ccc4ccccc43)o2)cc1Cl. The van der Waals surface area contributed by atoms with Crippen LogP contribution in [0, 0.1) is 0 Å². The topological polar surface area (TPSA) is 90.1 Å². The average molecular weight is 451 g/mol. The van der Waals surface area contributed by atoms with Crippen molar-refractivity contribution in [3.05, 3.63) is 77.0 Å². The predicted molar refractivity (Wildman–Crippen MR) is 122 cm³/mol. The van der Waals surface area contributed by atoms with E-state index in [-0.39, 0.29) is 19.0 Å². The maximum Gasteiger partial charge on any atom is 0.344 e. The van der Waals surface area contributed by atoms with Gasteiger partial charge in [-0.25, -0.2) is 10.2 Å². The van der Waals surface area contributed by atoms with E-state index in [1.54, 1.807) is 31.2 Å². The number of benzene rings is 3. The van der Waals surface area contributed by atoms with Crippen LogP contribution in [0.15, 0.2) is 70.2 Å². The molecule has 0 atom stereocenters. The van der Waals surface area contributed by atoms with Crippen LogP contribution in [-0.2, 0) is 9.53 Å². The Hall–Kier alpha value is -3.84. The summed E-state index contributed by atoms with van der Waals surface area (Å²) in [6.07, 6.45) is 1.44. The van der Waals surface area contributed by atoms with Crippen LogP contribution in [0.25, 0.3) is 21.7 Å². The lowest BCUT2D eigenvalue weighted by atomic mass is 10.1. The zero-order valence-corrected chi connectivity index (χ0v) is 17.9. The second-order valence-corrected chi connectivity index (χ2v) is 7.20. The highest BCUT2D eigenvalue weighted by atomic mass is 35.5. The predicted octanol–water partition coefficient (Wildman–Crippen LogP) is 4.95. The Kier molecular flexibility index (Phi) is 6.37. The summed E-state index contributed by atoms with van der Waals surface area (Å²) in [6, 6.07) is 18.3. The summed E-state index contributed by atoms with van der Waals surface area (Å²) in [5.41, 5.74) is 3.71. The van der Waals surface area contributed by atoms with Gasteiger partial charge in [0.1, 0.15) is 11.3 Å². The maximum atomic E-state index is 12.5. The fraction of sp³-hybridized carbons (Fsp3) is 0.125. The molecule has 1 amide bonds. The molecule has 8 heteroatoms. The first kappa shape index (κ1) is 21.4. The van der Waals surface area contributed by atoms with Crippen molar-refractivity contribution < 1.29 is 23.5 Å². The van der Waals surface area contributed by atoms with Gasteiger partial charge in [0.25, 0.3) is 0 Å². The van der Waals surface area contributed by atoms with Crippen LogP contribution in [0.5, 0.6) is 5.75 Å². The van der Waals surface area contributed by atoms with Gasteiger partial charge in [-0.05, 0) is 53.6 Å². The monoisotopic (exact) mass is 450 g/mol. The summed E-state index contributed by atoms with van der Waals surface area (Å²) < 4.78 is 15.8. The molecule has 0 aliphatic carbocycles. The molecular formula is C24H19ClN2O5. The van der Waals surface area contributed by atoms with Crippen molar-refractivity contribution in [3.8, 4) is 5.75 Å². The van der Waals surface area contributed by atoms with Crippen LogP contribution in [-0.4, -0.2) is 31.3 Å². The van der Waals surface area contributed by atoms with Crippen LogP contribution in [0.3, 0.4) is 0 Å². The lowest BCUT2D eigenvalue weighted by Crippen LogP contribution is -2.16. The summed E-state index contributed by atoms with van der Waals surface area (Å²) in [7, 11) is 0. The van der Waals surface area contributed by atoms with Gasteiger partial charge in [0, 0.05) is 5.39 Å². The number of carbonyl (C=O) groups is 2. The van der Waals surface area contributed by atoms with Gasteiger partial charge in [0.15, 0.2) is 12.4 Å². The molecule has 1 aromatic heterocycles. The van der Waals surface area contributed by atoms with Crippen molar-refractivity contribution in [3.63, 3.8) is 0 Å². The number of fused-ring (bicyclic) bond motifs is 3. The first-order valence-electron chi connectivity index (χ1n) is 9.88. The van der Waals surface area contributed by atoms with Crippen molar-refractivity contribution in [1.29, 1.82) is 0 Å². The number of amides is 1. The summed E-state index contributed by atoms with van der Waals surface area (Å²) >= 11 is 6.18. The third kappa shape index (κ3) is 4.73. The maximum absolute atomic E-state index is 12.5. The number of nitrogens with zero attached hydrogens (tertiary/aromatic N) is 1. The molecule has 162 valence electrons. The molecule has 0 fully saturated rings. The molecule has 0 spiro atoms. The standard InChI is InChI=1S/C24H19ClN2O5/c1-2-30-23(28)14-31-21-9-7-15(11-19(21)25)13-26-27-24(29)22-12-18-17-6-4-3-5-16(17)8-10-20(18)32-22/h3-13H,2,14H2,1H3,(H,27,29). The van der Waals surface area contributed by atoms with Gasteiger partial charge in [-0.3, -0.25) is 4.79 Å². The van der Waals surface area contributed by atoms with Gasteiger partial charge in [0.05, 0.1) is 17.8 Å². The second kappa shape index (κ2) is 9.53. The van der Waals surface area contributed by atoms with E-state index in [1.807, 2.05) is 36.4 Å². The van der Waals surface area contributed by atoms with Crippen molar-refractivity contribution in [2.75, 3.05) is 13.2 Å². The lowest BCUT2D eigenvalue weighted by Gasteiger charge is -2.07. The van der Waals surface area contributed by atoms with Crippen LogP contribution < -0.4 is 10.2 Å². The number of furan rings is 1. The Morgan fingerprint density at radius 1 is 1.09 bits per heavy atom. The Bertz CT molecular complexity index is 1330. The highest BCUT2D eigenvalue weighted by Crippen LogP contribution is 2.28. The molecule has 1 heterocycles. The third-order valence-electron chi connectivity index (χ3n) is 4.64. The minimum Gasteiger partial charge on any atom is -0.480 e. The molecular weight excluding hydrogens is 432 g/mol. The van der Waals surface area contributed by atoms with E-state index in [0.29, 0.717) is 21.9 Å². The number of nitrogens with one attached hydrogen (secondary N) is 1. The largest absolute Gasteiger partial charge is 0.480 e. The highest BCUT2D eigenvalue weighted by Gasteiger charge is 2.13. The number of hydrazone groups is 1. The first-order chi connectivity index (χ1) is 15.5. The summed E-state index contributed by atoms with van der Waals surface area (Å²) in [5.74, 6) is -0.442. The smallest absolute Gasteiger partial charge is 0.344 e. The average Bonchev–Trinajstić information content (AvgIpc) is 3.24. The Labute approximate surface area is 188 Å². The zero-order valence-electron chi connectivity index (χ0n) is 17.1. The van der Waals surface area contributed by atoms with Crippen molar-refractivity contribution in [1.82, 2.24) is 5.43 Å².